The van der Waals surface area contributed by atoms with E-state index in [4.69, 9.17) is 17.2 Å². The van der Waals surface area contributed by atoms with Crippen LogP contribution in [0.1, 0.15) is 19.3 Å². The van der Waals surface area contributed by atoms with Crippen LogP contribution in [0.4, 0.5) is 0 Å². The topological polar surface area (TPSA) is 81.3 Å². The van der Waals surface area contributed by atoms with Gasteiger partial charge in [-0.1, -0.05) is 0 Å². The Balaban J connectivity index is 3.41. The minimum absolute atomic E-state index is 0.729. The van der Waals surface area contributed by atoms with Crippen LogP contribution < -0.4 is 17.2 Å². The third-order valence-corrected chi connectivity index (χ3v) is 2.05. The minimum atomic E-state index is 0.729. The van der Waals surface area contributed by atoms with E-state index in [9.17, 15) is 0 Å². The number of hydrogen-bond donors (Lipinski definition) is 3. The van der Waals surface area contributed by atoms with Gasteiger partial charge in [-0.25, -0.2) is 0 Å². The van der Waals surface area contributed by atoms with Crippen molar-refractivity contribution >= 4 is 0 Å². The predicted molar refractivity (Wildman–Crippen MR) is 57.5 cm³/mol. The lowest BCUT2D eigenvalue weighted by Crippen LogP contribution is -2.32. The van der Waals surface area contributed by atoms with Gasteiger partial charge in [0, 0.05) is 13.1 Å². The normalized spacial score (nSPS) is 11.1. The van der Waals surface area contributed by atoms with E-state index >= 15 is 0 Å². The average Bonchev–Trinajstić information content (AvgIpc) is 2.14. The second-order valence-corrected chi connectivity index (χ2v) is 3.27. The standard InChI is InChI=1S/C9H24N4/c10-4-1-2-7-13(9-6-12)8-3-5-11/h1-12H2. The molecule has 0 fully saturated rings. The zero-order chi connectivity index (χ0) is 9.94. The monoisotopic (exact) mass is 188 g/mol. The molecule has 0 amide bonds. The van der Waals surface area contributed by atoms with E-state index in [2.05, 4.69) is 4.90 Å². The predicted octanol–water partition coefficient (Wildman–Crippen LogP) is -0.665. The van der Waals surface area contributed by atoms with Gasteiger partial charge in [0.2, 0.25) is 0 Å². The molecule has 0 saturated carbocycles. The number of rotatable bonds is 9. The Kier molecular flexibility index (Phi) is 9.80. The van der Waals surface area contributed by atoms with Crippen molar-refractivity contribution in [3.05, 3.63) is 0 Å². The molecule has 0 atom stereocenters. The van der Waals surface area contributed by atoms with Crippen LogP contribution in [-0.4, -0.2) is 44.2 Å². The van der Waals surface area contributed by atoms with E-state index in [0.29, 0.717) is 0 Å². The Morgan fingerprint density at radius 3 is 1.77 bits per heavy atom. The van der Waals surface area contributed by atoms with Crippen molar-refractivity contribution in [3.8, 4) is 0 Å². The maximum absolute atomic E-state index is 5.51. The summed E-state index contributed by atoms with van der Waals surface area (Å²) in [6.07, 6.45) is 3.33. The van der Waals surface area contributed by atoms with Crippen LogP contribution in [0, 0.1) is 0 Å². The summed E-state index contributed by atoms with van der Waals surface area (Å²) in [5, 5.41) is 0. The van der Waals surface area contributed by atoms with Gasteiger partial charge in [0.25, 0.3) is 0 Å². The smallest absolute Gasteiger partial charge is 0.0105 e. The molecule has 4 nitrogen and oxygen atoms in total. The molecule has 0 saturated heterocycles. The maximum atomic E-state index is 5.51. The second kappa shape index (κ2) is 9.92. The Bertz CT molecular complexity index is 97.6. The van der Waals surface area contributed by atoms with Gasteiger partial charge in [-0.15, -0.1) is 0 Å². The highest BCUT2D eigenvalue weighted by Gasteiger charge is 2.01. The van der Waals surface area contributed by atoms with Gasteiger partial charge < -0.3 is 22.1 Å². The molecule has 0 radical (unpaired) electrons. The summed E-state index contributed by atoms with van der Waals surface area (Å²) in [7, 11) is 0. The first-order valence-corrected chi connectivity index (χ1v) is 5.17. The van der Waals surface area contributed by atoms with Crippen LogP contribution in [0.5, 0.6) is 0 Å². The average molecular weight is 188 g/mol. The summed E-state index contributed by atoms with van der Waals surface area (Å²) in [5.41, 5.74) is 16.4. The number of nitrogens with zero attached hydrogens (tertiary/aromatic N) is 1. The fraction of sp³-hybridized carbons (Fsp3) is 1.00. The van der Waals surface area contributed by atoms with Gasteiger partial charge in [-0.3, -0.25) is 0 Å². The number of nitrogens with two attached hydrogens (primary N) is 3. The van der Waals surface area contributed by atoms with Crippen molar-refractivity contribution in [2.75, 3.05) is 39.3 Å². The maximum Gasteiger partial charge on any atom is 0.0105 e. The number of unbranched alkanes of at least 4 members (excludes halogenated alkanes) is 1. The van der Waals surface area contributed by atoms with Crippen molar-refractivity contribution in [2.24, 2.45) is 17.2 Å². The Labute approximate surface area is 81.4 Å². The lowest BCUT2D eigenvalue weighted by Gasteiger charge is -2.20. The summed E-state index contributed by atoms with van der Waals surface area (Å²) in [6, 6.07) is 0. The fourth-order valence-corrected chi connectivity index (χ4v) is 1.31. The molecule has 4 heteroatoms. The Hall–Kier alpha value is -0.160. The van der Waals surface area contributed by atoms with Crippen LogP contribution in [0.3, 0.4) is 0 Å². The molecular formula is C9H24N4. The first-order valence-electron chi connectivity index (χ1n) is 5.17. The van der Waals surface area contributed by atoms with E-state index in [1.54, 1.807) is 0 Å². The van der Waals surface area contributed by atoms with Gasteiger partial charge in [-0.2, -0.15) is 0 Å². The molecule has 0 rings (SSSR count). The molecule has 0 bridgehead atoms. The summed E-state index contributed by atoms with van der Waals surface area (Å²) in [6.45, 7) is 5.43. The first kappa shape index (κ1) is 12.8. The quantitative estimate of drug-likeness (QED) is 0.419. The highest BCUT2D eigenvalue weighted by molar-refractivity contribution is 4.59. The van der Waals surface area contributed by atoms with Crippen LogP contribution in [0.2, 0.25) is 0 Å². The highest BCUT2D eigenvalue weighted by atomic mass is 15.1. The van der Waals surface area contributed by atoms with Crippen LogP contribution in [0.25, 0.3) is 0 Å². The van der Waals surface area contributed by atoms with Crippen molar-refractivity contribution < 1.29 is 0 Å². The molecular weight excluding hydrogens is 164 g/mol. The Morgan fingerprint density at radius 1 is 0.615 bits per heavy atom. The lowest BCUT2D eigenvalue weighted by molar-refractivity contribution is 0.274. The van der Waals surface area contributed by atoms with Gasteiger partial charge in [-0.05, 0) is 45.4 Å². The molecule has 80 valence electrons. The first-order chi connectivity index (χ1) is 6.35. The van der Waals surface area contributed by atoms with E-state index in [1.807, 2.05) is 0 Å². The van der Waals surface area contributed by atoms with E-state index in [0.717, 1.165) is 52.1 Å². The van der Waals surface area contributed by atoms with Crippen molar-refractivity contribution in [1.29, 1.82) is 0 Å². The van der Waals surface area contributed by atoms with E-state index in [-0.39, 0.29) is 0 Å². The van der Waals surface area contributed by atoms with Crippen LogP contribution in [-0.2, 0) is 0 Å². The largest absolute Gasteiger partial charge is 0.330 e. The molecule has 0 spiro atoms. The third kappa shape index (κ3) is 8.18. The summed E-state index contributed by atoms with van der Waals surface area (Å²) < 4.78 is 0. The minimum Gasteiger partial charge on any atom is -0.330 e. The molecule has 13 heavy (non-hydrogen) atoms. The van der Waals surface area contributed by atoms with Crippen molar-refractivity contribution in [2.45, 2.75) is 19.3 Å². The SMILES string of the molecule is NCCCCN(CCN)CCCN. The van der Waals surface area contributed by atoms with Crippen molar-refractivity contribution in [1.82, 2.24) is 4.90 Å². The van der Waals surface area contributed by atoms with E-state index < -0.39 is 0 Å². The highest BCUT2D eigenvalue weighted by Crippen LogP contribution is 1.95. The number of hydrogen-bond acceptors (Lipinski definition) is 4. The lowest BCUT2D eigenvalue weighted by atomic mass is 10.2. The third-order valence-electron chi connectivity index (χ3n) is 2.05. The van der Waals surface area contributed by atoms with Gasteiger partial charge >= 0.3 is 0 Å². The molecule has 0 aromatic rings. The molecule has 0 aliphatic carbocycles. The molecule has 0 aromatic carbocycles. The summed E-state index contributed by atoms with van der Waals surface area (Å²) in [5.74, 6) is 0. The van der Waals surface area contributed by atoms with Gasteiger partial charge in [0.1, 0.15) is 0 Å². The molecule has 0 unspecified atom stereocenters. The van der Waals surface area contributed by atoms with Gasteiger partial charge in [0.15, 0.2) is 0 Å². The Morgan fingerprint density at radius 2 is 1.23 bits per heavy atom. The molecule has 0 aliphatic heterocycles. The van der Waals surface area contributed by atoms with Crippen LogP contribution in [0.15, 0.2) is 0 Å². The fourth-order valence-electron chi connectivity index (χ4n) is 1.31. The summed E-state index contributed by atoms with van der Waals surface area (Å²) >= 11 is 0. The zero-order valence-electron chi connectivity index (χ0n) is 8.54. The van der Waals surface area contributed by atoms with E-state index in [1.165, 1.54) is 6.42 Å². The second-order valence-electron chi connectivity index (χ2n) is 3.27. The zero-order valence-corrected chi connectivity index (χ0v) is 8.54. The molecule has 0 aliphatic rings. The van der Waals surface area contributed by atoms with Gasteiger partial charge in [0.05, 0.1) is 0 Å². The van der Waals surface area contributed by atoms with Crippen LogP contribution >= 0.6 is 0 Å². The molecule has 0 heterocycles. The molecule has 6 N–H and O–H groups in total. The molecule has 0 aromatic heterocycles. The summed E-state index contributed by atoms with van der Waals surface area (Å²) in [4.78, 5) is 2.36. The van der Waals surface area contributed by atoms with Crippen molar-refractivity contribution in [3.63, 3.8) is 0 Å².